The summed E-state index contributed by atoms with van der Waals surface area (Å²) in [7, 11) is 0. The molecule has 5 nitrogen and oxygen atoms in total. The smallest absolute Gasteiger partial charge is 0.224 e. The third-order valence-electron chi connectivity index (χ3n) is 2.78. The maximum atomic E-state index is 11.4. The topological polar surface area (TPSA) is 95.4 Å². The Balaban J connectivity index is 2.73. The van der Waals surface area contributed by atoms with Crippen LogP contribution in [0.25, 0.3) is 0 Å². The Morgan fingerprint density at radius 3 is 2.32 bits per heavy atom. The standard InChI is InChI=1S/C14H20N2O3/c1-2-9-19-11-5-3-10(4-6-11)12(14(16)18)7-8-13(15)17/h3-6,12H,2,7-9H2,1H3,(H2,15,17)(H2,16,18). The van der Waals surface area contributed by atoms with E-state index < -0.39 is 17.7 Å². The van der Waals surface area contributed by atoms with Crippen molar-refractivity contribution < 1.29 is 14.3 Å². The van der Waals surface area contributed by atoms with Crippen molar-refractivity contribution in [1.82, 2.24) is 0 Å². The molecule has 0 heterocycles. The van der Waals surface area contributed by atoms with Gasteiger partial charge in [-0.15, -0.1) is 0 Å². The third kappa shape index (κ3) is 4.99. The summed E-state index contributed by atoms with van der Waals surface area (Å²) in [5.41, 5.74) is 11.2. The largest absolute Gasteiger partial charge is 0.494 e. The van der Waals surface area contributed by atoms with E-state index in [1.54, 1.807) is 24.3 Å². The van der Waals surface area contributed by atoms with Gasteiger partial charge in [0.2, 0.25) is 11.8 Å². The van der Waals surface area contributed by atoms with Gasteiger partial charge in [-0.2, -0.15) is 0 Å². The molecule has 0 aliphatic rings. The first-order chi connectivity index (χ1) is 9.04. The van der Waals surface area contributed by atoms with Crippen LogP contribution < -0.4 is 16.2 Å². The summed E-state index contributed by atoms with van der Waals surface area (Å²) in [6, 6.07) is 7.18. The van der Waals surface area contributed by atoms with E-state index in [0.717, 1.165) is 17.7 Å². The second-order valence-corrected chi connectivity index (χ2v) is 4.38. The Hall–Kier alpha value is -2.04. The molecule has 1 aromatic carbocycles. The van der Waals surface area contributed by atoms with Crippen molar-refractivity contribution in [3.05, 3.63) is 29.8 Å². The van der Waals surface area contributed by atoms with E-state index in [9.17, 15) is 9.59 Å². The minimum absolute atomic E-state index is 0.141. The normalized spacial score (nSPS) is 11.8. The van der Waals surface area contributed by atoms with E-state index in [1.165, 1.54) is 0 Å². The first kappa shape index (κ1) is 15.0. The molecule has 104 valence electrons. The van der Waals surface area contributed by atoms with Crippen LogP contribution in [0.15, 0.2) is 24.3 Å². The zero-order valence-corrected chi connectivity index (χ0v) is 11.1. The first-order valence-electron chi connectivity index (χ1n) is 6.35. The predicted octanol–water partition coefficient (Wildman–Crippen LogP) is 1.31. The molecule has 1 unspecified atom stereocenters. The number of rotatable bonds is 8. The zero-order valence-electron chi connectivity index (χ0n) is 11.1. The Labute approximate surface area is 112 Å². The van der Waals surface area contributed by atoms with Gasteiger partial charge in [-0.3, -0.25) is 9.59 Å². The van der Waals surface area contributed by atoms with Crippen molar-refractivity contribution >= 4 is 11.8 Å². The van der Waals surface area contributed by atoms with Crippen LogP contribution in [0.2, 0.25) is 0 Å². The Morgan fingerprint density at radius 1 is 1.21 bits per heavy atom. The quantitative estimate of drug-likeness (QED) is 0.741. The van der Waals surface area contributed by atoms with Crippen LogP contribution in [-0.2, 0) is 9.59 Å². The van der Waals surface area contributed by atoms with Crippen LogP contribution in [0.3, 0.4) is 0 Å². The summed E-state index contributed by atoms with van der Waals surface area (Å²) in [4.78, 5) is 22.2. The van der Waals surface area contributed by atoms with Crippen molar-refractivity contribution in [2.24, 2.45) is 11.5 Å². The third-order valence-corrected chi connectivity index (χ3v) is 2.78. The molecule has 2 amide bonds. The van der Waals surface area contributed by atoms with E-state index in [2.05, 4.69) is 0 Å². The summed E-state index contributed by atoms with van der Waals surface area (Å²) in [6.07, 6.45) is 1.41. The number of hydrogen-bond acceptors (Lipinski definition) is 3. The molecule has 0 bridgehead atoms. The summed E-state index contributed by atoms with van der Waals surface area (Å²) in [6.45, 7) is 2.68. The van der Waals surface area contributed by atoms with Crippen LogP contribution in [0, 0.1) is 0 Å². The number of hydrogen-bond donors (Lipinski definition) is 2. The summed E-state index contributed by atoms with van der Waals surface area (Å²) < 4.78 is 5.46. The molecule has 0 aromatic heterocycles. The van der Waals surface area contributed by atoms with Gasteiger partial charge in [0, 0.05) is 6.42 Å². The van der Waals surface area contributed by atoms with Gasteiger partial charge < -0.3 is 16.2 Å². The monoisotopic (exact) mass is 264 g/mol. The average Bonchev–Trinajstić information content (AvgIpc) is 2.37. The Bertz CT molecular complexity index is 429. The number of benzene rings is 1. The van der Waals surface area contributed by atoms with E-state index in [1.807, 2.05) is 6.92 Å². The van der Waals surface area contributed by atoms with Gasteiger partial charge in [0.05, 0.1) is 12.5 Å². The fourth-order valence-electron chi connectivity index (χ4n) is 1.78. The van der Waals surface area contributed by atoms with Gasteiger partial charge in [-0.05, 0) is 30.5 Å². The summed E-state index contributed by atoms with van der Waals surface area (Å²) in [5, 5.41) is 0. The van der Waals surface area contributed by atoms with Crippen LogP contribution in [0.4, 0.5) is 0 Å². The number of ether oxygens (including phenoxy) is 1. The molecule has 1 atom stereocenters. The lowest BCUT2D eigenvalue weighted by molar-refractivity contribution is -0.120. The van der Waals surface area contributed by atoms with Gasteiger partial charge in [0.1, 0.15) is 5.75 Å². The lowest BCUT2D eigenvalue weighted by Gasteiger charge is -2.13. The lowest BCUT2D eigenvalue weighted by Crippen LogP contribution is -2.23. The second-order valence-electron chi connectivity index (χ2n) is 4.38. The van der Waals surface area contributed by atoms with Crippen molar-refractivity contribution in [3.63, 3.8) is 0 Å². The van der Waals surface area contributed by atoms with E-state index in [0.29, 0.717) is 13.0 Å². The van der Waals surface area contributed by atoms with E-state index >= 15 is 0 Å². The predicted molar refractivity (Wildman–Crippen MR) is 72.6 cm³/mol. The highest BCUT2D eigenvalue weighted by Crippen LogP contribution is 2.23. The highest BCUT2D eigenvalue weighted by atomic mass is 16.5. The number of carbonyl (C=O) groups is 2. The molecule has 5 heteroatoms. The minimum Gasteiger partial charge on any atom is -0.494 e. The highest BCUT2D eigenvalue weighted by molar-refractivity contribution is 5.83. The molecule has 0 radical (unpaired) electrons. The van der Waals surface area contributed by atoms with Crippen LogP contribution >= 0.6 is 0 Å². The van der Waals surface area contributed by atoms with Gasteiger partial charge in [0.25, 0.3) is 0 Å². The first-order valence-corrected chi connectivity index (χ1v) is 6.35. The molecule has 1 rings (SSSR count). The van der Waals surface area contributed by atoms with Crippen molar-refractivity contribution in [1.29, 1.82) is 0 Å². The molecule has 0 saturated heterocycles. The highest BCUT2D eigenvalue weighted by Gasteiger charge is 2.18. The Morgan fingerprint density at radius 2 is 1.84 bits per heavy atom. The number of primary amides is 2. The van der Waals surface area contributed by atoms with E-state index in [4.69, 9.17) is 16.2 Å². The van der Waals surface area contributed by atoms with Crippen LogP contribution in [0.1, 0.15) is 37.7 Å². The molecule has 19 heavy (non-hydrogen) atoms. The number of nitrogens with two attached hydrogens (primary N) is 2. The molecule has 0 fully saturated rings. The van der Waals surface area contributed by atoms with Crippen molar-refractivity contribution in [2.45, 2.75) is 32.1 Å². The lowest BCUT2D eigenvalue weighted by atomic mass is 9.93. The Kier molecular flexibility index (Phi) is 5.85. The maximum Gasteiger partial charge on any atom is 0.224 e. The number of carbonyl (C=O) groups excluding carboxylic acids is 2. The van der Waals surface area contributed by atoms with Gasteiger partial charge in [-0.1, -0.05) is 19.1 Å². The van der Waals surface area contributed by atoms with Crippen molar-refractivity contribution in [3.8, 4) is 5.75 Å². The molecule has 0 aliphatic heterocycles. The van der Waals surface area contributed by atoms with E-state index in [-0.39, 0.29) is 6.42 Å². The zero-order chi connectivity index (χ0) is 14.3. The molecular weight excluding hydrogens is 244 g/mol. The molecular formula is C14H20N2O3. The van der Waals surface area contributed by atoms with Crippen LogP contribution in [-0.4, -0.2) is 18.4 Å². The fourth-order valence-corrected chi connectivity index (χ4v) is 1.78. The van der Waals surface area contributed by atoms with Crippen LogP contribution in [0.5, 0.6) is 5.75 Å². The van der Waals surface area contributed by atoms with Gasteiger partial charge in [-0.25, -0.2) is 0 Å². The SMILES string of the molecule is CCCOc1ccc(C(CCC(N)=O)C(N)=O)cc1. The molecule has 0 aliphatic carbocycles. The van der Waals surface area contributed by atoms with Crippen molar-refractivity contribution in [2.75, 3.05) is 6.61 Å². The molecule has 1 aromatic rings. The molecule has 4 N–H and O–H groups in total. The van der Waals surface area contributed by atoms with Gasteiger partial charge >= 0.3 is 0 Å². The summed E-state index contributed by atoms with van der Waals surface area (Å²) >= 11 is 0. The minimum atomic E-state index is -0.493. The number of amides is 2. The van der Waals surface area contributed by atoms with Gasteiger partial charge in [0.15, 0.2) is 0 Å². The summed E-state index contributed by atoms with van der Waals surface area (Å²) in [5.74, 6) is -0.630. The fraction of sp³-hybridized carbons (Fsp3) is 0.429. The maximum absolute atomic E-state index is 11.4. The molecule has 0 spiro atoms. The average molecular weight is 264 g/mol. The second kappa shape index (κ2) is 7.41. The molecule has 0 saturated carbocycles.